The molecule has 0 aliphatic carbocycles. The van der Waals surface area contributed by atoms with Crippen LogP contribution in [-0.4, -0.2) is 22.3 Å². The van der Waals surface area contributed by atoms with Gasteiger partial charge >= 0.3 is 0 Å². The normalized spacial score (nSPS) is 11.3. The van der Waals surface area contributed by atoms with E-state index >= 15 is 0 Å². The van der Waals surface area contributed by atoms with E-state index < -0.39 is 4.92 Å². The third-order valence-corrected chi connectivity index (χ3v) is 2.89. The van der Waals surface area contributed by atoms with Crippen molar-refractivity contribution in [2.24, 2.45) is 4.99 Å². The van der Waals surface area contributed by atoms with Crippen LogP contribution in [0.15, 0.2) is 17.1 Å². The molecule has 5 heteroatoms. The highest BCUT2D eigenvalue weighted by Crippen LogP contribution is 2.26. The fourth-order valence-corrected chi connectivity index (χ4v) is 1.68. The monoisotopic (exact) mass is 250 g/mol. The standard InChI is InChI=1S/C13H18N2O3/c1-4-11(5-2)14-8-10-7-12(15(17)18)6-9(3)13(10)16/h6-8,11,16H,4-5H2,1-3H3. The van der Waals surface area contributed by atoms with Crippen molar-refractivity contribution in [3.05, 3.63) is 33.4 Å². The van der Waals surface area contributed by atoms with Crippen molar-refractivity contribution in [1.82, 2.24) is 0 Å². The SMILES string of the molecule is CCC(CC)N=Cc1cc([N+](=O)[O-])cc(C)c1O. The van der Waals surface area contributed by atoms with E-state index in [1.54, 1.807) is 6.92 Å². The Labute approximate surface area is 106 Å². The second-order valence-corrected chi connectivity index (χ2v) is 4.21. The maximum Gasteiger partial charge on any atom is 0.270 e. The van der Waals surface area contributed by atoms with Gasteiger partial charge in [0, 0.05) is 30.0 Å². The lowest BCUT2D eigenvalue weighted by molar-refractivity contribution is -0.384. The van der Waals surface area contributed by atoms with Crippen LogP contribution in [0, 0.1) is 17.0 Å². The van der Waals surface area contributed by atoms with Gasteiger partial charge in [-0.05, 0) is 25.3 Å². The summed E-state index contributed by atoms with van der Waals surface area (Å²) in [6, 6.07) is 2.88. The largest absolute Gasteiger partial charge is 0.507 e. The molecule has 0 saturated heterocycles. The molecule has 0 unspecified atom stereocenters. The predicted molar refractivity (Wildman–Crippen MR) is 71.5 cm³/mol. The molecule has 0 radical (unpaired) electrons. The van der Waals surface area contributed by atoms with Crippen LogP contribution in [0.1, 0.15) is 37.8 Å². The number of hydrogen-bond acceptors (Lipinski definition) is 4. The van der Waals surface area contributed by atoms with E-state index in [1.807, 2.05) is 13.8 Å². The fraction of sp³-hybridized carbons (Fsp3) is 0.462. The predicted octanol–water partition coefficient (Wildman–Crippen LogP) is 3.22. The lowest BCUT2D eigenvalue weighted by atomic mass is 10.1. The number of phenols is 1. The molecular weight excluding hydrogens is 232 g/mol. The average Bonchev–Trinajstić information content (AvgIpc) is 2.34. The van der Waals surface area contributed by atoms with E-state index in [9.17, 15) is 15.2 Å². The second kappa shape index (κ2) is 6.14. The zero-order valence-electron chi connectivity index (χ0n) is 10.9. The number of rotatable bonds is 5. The van der Waals surface area contributed by atoms with Gasteiger partial charge < -0.3 is 5.11 Å². The van der Waals surface area contributed by atoms with Crippen molar-refractivity contribution in [3.8, 4) is 5.75 Å². The van der Waals surface area contributed by atoms with Crippen LogP contribution in [0.4, 0.5) is 5.69 Å². The minimum atomic E-state index is -0.471. The molecule has 1 N–H and O–H groups in total. The molecule has 0 heterocycles. The van der Waals surface area contributed by atoms with Crippen LogP contribution in [-0.2, 0) is 0 Å². The van der Waals surface area contributed by atoms with Crippen LogP contribution in [0.2, 0.25) is 0 Å². The summed E-state index contributed by atoms with van der Waals surface area (Å²) >= 11 is 0. The lowest BCUT2D eigenvalue weighted by Gasteiger charge is -2.07. The molecule has 0 bridgehead atoms. The van der Waals surface area contributed by atoms with Gasteiger partial charge in [0.2, 0.25) is 0 Å². The summed E-state index contributed by atoms with van der Waals surface area (Å²) in [5.74, 6) is 0.0512. The Morgan fingerprint density at radius 3 is 2.56 bits per heavy atom. The fourth-order valence-electron chi connectivity index (χ4n) is 1.68. The van der Waals surface area contributed by atoms with Gasteiger partial charge in [-0.3, -0.25) is 15.1 Å². The maximum atomic E-state index is 10.7. The van der Waals surface area contributed by atoms with E-state index in [0.29, 0.717) is 11.1 Å². The molecule has 5 nitrogen and oxygen atoms in total. The second-order valence-electron chi connectivity index (χ2n) is 4.21. The smallest absolute Gasteiger partial charge is 0.270 e. The molecule has 0 aromatic heterocycles. The van der Waals surface area contributed by atoms with Crippen LogP contribution < -0.4 is 0 Å². The minimum absolute atomic E-state index is 0.0312. The van der Waals surface area contributed by atoms with E-state index in [2.05, 4.69) is 4.99 Å². The highest BCUT2D eigenvalue weighted by molar-refractivity contribution is 5.85. The highest BCUT2D eigenvalue weighted by atomic mass is 16.6. The van der Waals surface area contributed by atoms with Crippen molar-refractivity contribution < 1.29 is 10.0 Å². The molecule has 1 aromatic carbocycles. The number of nitrogens with zero attached hydrogens (tertiary/aromatic N) is 2. The van der Waals surface area contributed by atoms with Crippen molar-refractivity contribution in [2.45, 2.75) is 39.7 Å². The third-order valence-electron chi connectivity index (χ3n) is 2.89. The first-order valence-corrected chi connectivity index (χ1v) is 6.00. The molecule has 0 aliphatic heterocycles. The zero-order chi connectivity index (χ0) is 13.7. The number of aliphatic imine (C=N–C) groups is 1. The Bertz CT molecular complexity index is 466. The summed E-state index contributed by atoms with van der Waals surface area (Å²) < 4.78 is 0. The Kier molecular flexibility index (Phi) is 4.83. The van der Waals surface area contributed by atoms with Crippen LogP contribution in [0.5, 0.6) is 5.75 Å². The number of nitro benzene ring substituents is 1. The number of aromatic hydroxyl groups is 1. The van der Waals surface area contributed by atoms with Crippen molar-refractivity contribution in [2.75, 3.05) is 0 Å². The topological polar surface area (TPSA) is 75.7 Å². The van der Waals surface area contributed by atoms with Gasteiger partial charge in [-0.15, -0.1) is 0 Å². The molecule has 1 aromatic rings. The summed E-state index contributed by atoms with van der Waals surface area (Å²) in [5, 5.41) is 20.6. The number of non-ortho nitro benzene ring substituents is 1. The first-order chi connectivity index (χ1) is 8.49. The number of nitro groups is 1. The molecular formula is C13H18N2O3. The average molecular weight is 250 g/mol. The summed E-state index contributed by atoms with van der Waals surface area (Å²) in [4.78, 5) is 14.6. The number of phenolic OH excluding ortho intramolecular Hbond substituents is 1. The van der Waals surface area contributed by atoms with Crippen LogP contribution >= 0.6 is 0 Å². The van der Waals surface area contributed by atoms with Gasteiger partial charge in [-0.1, -0.05) is 13.8 Å². The Morgan fingerprint density at radius 2 is 2.06 bits per heavy atom. The molecule has 0 amide bonds. The van der Waals surface area contributed by atoms with E-state index in [-0.39, 0.29) is 17.5 Å². The highest BCUT2D eigenvalue weighted by Gasteiger charge is 2.12. The molecule has 1 rings (SSSR count). The zero-order valence-corrected chi connectivity index (χ0v) is 10.9. The molecule has 0 aliphatic rings. The van der Waals surface area contributed by atoms with Crippen LogP contribution in [0.25, 0.3) is 0 Å². The number of aryl methyl sites for hydroxylation is 1. The summed E-state index contributed by atoms with van der Waals surface area (Å²) in [6.45, 7) is 5.70. The van der Waals surface area contributed by atoms with E-state index in [1.165, 1.54) is 18.3 Å². The van der Waals surface area contributed by atoms with Gasteiger partial charge in [0.1, 0.15) is 5.75 Å². The van der Waals surface area contributed by atoms with Gasteiger partial charge in [0.15, 0.2) is 0 Å². The van der Waals surface area contributed by atoms with E-state index in [0.717, 1.165) is 12.8 Å². The molecule has 0 atom stereocenters. The lowest BCUT2D eigenvalue weighted by Crippen LogP contribution is -2.01. The van der Waals surface area contributed by atoms with Gasteiger partial charge in [-0.25, -0.2) is 0 Å². The van der Waals surface area contributed by atoms with Gasteiger partial charge in [0.05, 0.1) is 4.92 Å². The molecule has 98 valence electrons. The van der Waals surface area contributed by atoms with Gasteiger partial charge in [-0.2, -0.15) is 0 Å². The Morgan fingerprint density at radius 1 is 1.44 bits per heavy atom. The summed E-state index contributed by atoms with van der Waals surface area (Å²) in [6.07, 6.45) is 3.33. The molecule has 0 saturated carbocycles. The Hall–Kier alpha value is -1.91. The number of hydrogen-bond donors (Lipinski definition) is 1. The summed E-state index contributed by atoms with van der Waals surface area (Å²) in [7, 11) is 0. The minimum Gasteiger partial charge on any atom is -0.507 e. The molecule has 0 spiro atoms. The first-order valence-electron chi connectivity index (χ1n) is 6.00. The Balaban J connectivity index is 3.11. The molecule has 0 fully saturated rings. The van der Waals surface area contributed by atoms with Crippen molar-refractivity contribution >= 4 is 11.9 Å². The van der Waals surface area contributed by atoms with Crippen LogP contribution in [0.3, 0.4) is 0 Å². The van der Waals surface area contributed by atoms with Gasteiger partial charge in [0.25, 0.3) is 5.69 Å². The summed E-state index contributed by atoms with van der Waals surface area (Å²) in [5.41, 5.74) is 0.847. The molecule has 18 heavy (non-hydrogen) atoms. The van der Waals surface area contributed by atoms with Crippen molar-refractivity contribution in [3.63, 3.8) is 0 Å². The van der Waals surface area contributed by atoms with Crippen molar-refractivity contribution in [1.29, 1.82) is 0 Å². The third kappa shape index (κ3) is 3.29. The number of benzene rings is 1. The van der Waals surface area contributed by atoms with E-state index in [4.69, 9.17) is 0 Å². The quantitative estimate of drug-likeness (QED) is 0.495. The first kappa shape index (κ1) is 14.2. The maximum absolute atomic E-state index is 10.7.